The maximum atomic E-state index is 12.6. The Bertz CT molecular complexity index is 610. The van der Waals surface area contributed by atoms with Crippen LogP contribution in [-0.2, 0) is 16.6 Å². The minimum Gasteiger partial charge on any atom is -0.392 e. The summed E-state index contributed by atoms with van der Waals surface area (Å²) in [6.45, 7) is 2.55. The first-order valence-corrected chi connectivity index (χ1v) is 7.82. The fourth-order valence-corrected chi connectivity index (χ4v) is 4.09. The summed E-state index contributed by atoms with van der Waals surface area (Å²) in [6.07, 6.45) is 2.75. The van der Waals surface area contributed by atoms with Crippen LogP contribution in [0.4, 0.5) is 0 Å². The van der Waals surface area contributed by atoms with Crippen molar-refractivity contribution in [2.75, 3.05) is 13.1 Å². The van der Waals surface area contributed by atoms with Crippen molar-refractivity contribution in [3.8, 4) is 0 Å². The first kappa shape index (κ1) is 14.5. The highest BCUT2D eigenvalue weighted by molar-refractivity contribution is 7.89. The van der Waals surface area contributed by atoms with Gasteiger partial charge in [0.2, 0.25) is 10.0 Å². The number of aliphatic hydroxyl groups is 1. The molecule has 4 nitrogen and oxygen atoms in total. The van der Waals surface area contributed by atoms with E-state index in [0.29, 0.717) is 25.1 Å². The van der Waals surface area contributed by atoms with Crippen molar-refractivity contribution in [2.45, 2.75) is 24.8 Å². The normalized spacial score (nSPS) is 17.3. The molecule has 1 N–H and O–H groups in total. The lowest BCUT2D eigenvalue weighted by molar-refractivity contribution is 0.281. The fourth-order valence-electron chi connectivity index (χ4n) is 2.06. The second-order valence-corrected chi connectivity index (χ2v) is 6.91. The van der Waals surface area contributed by atoms with Crippen LogP contribution in [0.5, 0.6) is 0 Å². The molecule has 2 rings (SSSR count). The molecule has 0 saturated heterocycles. The maximum Gasteiger partial charge on any atom is 0.244 e. The summed E-state index contributed by atoms with van der Waals surface area (Å²) < 4.78 is 26.5. The summed E-state index contributed by atoms with van der Waals surface area (Å²) >= 11 is 5.99. The van der Waals surface area contributed by atoms with Crippen LogP contribution in [0.15, 0.2) is 34.7 Å². The Morgan fingerprint density at radius 3 is 2.79 bits per heavy atom. The fraction of sp³-hybridized carbons (Fsp3) is 0.385. The van der Waals surface area contributed by atoms with E-state index in [0.717, 1.165) is 5.57 Å². The van der Waals surface area contributed by atoms with Crippen molar-refractivity contribution in [1.82, 2.24) is 4.31 Å². The topological polar surface area (TPSA) is 57.6 Å². The van der Waals surface area contributed by atoms with Crippen LogP contribution < -0.4 is 0 Å². The lowest BCUT2D eigenvalue weighted by Crippen LogP contribution is -2.35. The Kier molecular flexibility index (Phi) is 4.30. The molecule has 0 radical (unpaired) electrons. The monoisotopic (exact) mass is 301 g/mol. The maximum absolute atomic E-state index is 12.6. The first-order valence-electron chi connectivity index (χ1n) is 6.00. The molecular formula is C13H16ClNO3S. The van der Waals surface area contributed by atoms with Crippen molar-refractivity contribution in [2.24, 2.45) is 0 Å². The third kappa shape index (κ3) is 3.00. The summed E-state index contributed by atoms with van der Waals surface area (Å²) in [4.78, 5) is 0.0652. The number of halogens is 1. The second kappa shape index (κ2) is 5.63. The molecule has 6 heteroatoms. The van der Waals surface area contributed by atoms with Crippen LogP contribution in [0, 0.1) is 0 Å². The smallest absolute Gasteiger partial charge is 0.244 e. The van der Waals surface area contributed by atoms with Gasteiger partial charge in [-0.1, -0.05) is 29.3 Å². The van der Waals surface area contributed by atoms with E-state index >= 15 is 0 Å². The zero-order chi connectivity index (χ0) is 14.0. The molecule has 1 aromatic carbocycles. The van der Waals surface area contributed by atoms with E-state index in [2.05, 4.69) is 0 Å². The van der Waals surface area contributed by atoms with Crippen molar-refractivity contribution in [3.05, 3.63) is 40.4 Å². The predicted octanol–water partition coefficient (Wildman–Crippen LogP) is 2.17. The van der Waals surface area contributed by atoms with Crippen LogP contribution >= 0.6 is 11.6 Å². The van der Waals surface area contributed by atoms with Crippen LogP contribution in [-0.4, -0.2) is 30.9 Å². The van der Waals surface area contributed by atoms with E-state index in [-0.39, 0.29) is 16.5 Å². The van der Waals surface area contributed by atoms with Crippen molar-refractivity contribution in [3.63, 3.8) is 0 Å². The van der Waals surface area contributed by atoms with Gasteiger partial charge in [-0.05, 0) is 31.0 Å². The summed E-state index contributed by atoms with van der Waals surface area (Å²) in [5, 5.41) is 9.30. The molecule has 0 fully saturated rings. The van der Waals surface area contributed by atoms with Gasteiger partial charge in [0.15, 0.2) is 0 Å². The molecule has 1 aromatic rings. The lowest BCUT2D eigenvalue weighted by Gasteiger charge is -2.26. The molecule has 0 aliphatic carbocycles. The Morgan fingerprint density at radius 2 is 2.16 bits per heavy atom. The van der Waals surface area contributed by atoms with E-state index in [1.54, 1.807) is 6.07 Å². The predicted molar refractivity (Wildman–Crippen MR) is 74.5 cm³/mol. The van der Waals surface area contributed by atoms with Gasteiger partial charge in [0.1, 0.15) is 4.90 Å². The molecule has 0 unspecified atom stereocenters. The third-order valence-electron chi connectivity index (χ3n) is 3.09. The average Bonchev–Trinajstić information content (AvgIpc) is 2.39. The van der Waals surface area contributed by atoms with Gasteiger partial charge in [0.25, 0.3) is 0 Å². The second-order valence-electron chi connectivity index (χ2n) is 4.60. The molecule has 0 saturated carbocycles. The molecule has 19 heavy (non-hydrogen) atoms. The highest BCUT2D eigenvalue weighted by Crippen LogP contribution is 2.27. The van der Waals surface area contributed by atoms with Crippen LogP contribution in [0.1, 0.15) is 18.9 Å². The Balaban J connectivity index is 2.42. The van der Waals surface area contributed by atoms with Crippen molar-refractivity contribution in [1.29, 1.82) is 0 Å². The highest BCUT2D eigenvalue weighted by atomic mass is 35.5. The largest absolute Gasteiger partial charge is 0.392 e. The number of sulfonamides is 1. The number of aliphatic hydroxyl groups excluding tert-OH is 1. The molecule has 1 aliphatic rings. The third-order valence-corrected chi connectivity index (χ3v) is 5.42. The van der Waals surface area contributed by atoms with Gasteiger partial charge in [-0.25, -0.2) is 8.42 Å². The molecule has 0 bridgehead atoms. The minimum atomic E-state index is -3.61. The molecule has 1 heterocycles. The van der Waals surface area contributed by atoms with Crippen LogP contribution in [0.25, 0.3) is 0 Å². The zero-order valence-corrected chi connectivity index (χ0v) is 12.2. The molecule has 104 valence electrons. The number of rotatable bonds is 3. The van der Waals surface area contributed by atoms with Crippen LogP contribution in [0.2, 0.25) is 5.02 Å². The standard InChI is InChI=1S/C13H16ClNO3S/c1-10-3-2-6-15(8-10)19(17,18)13-7-11(9-16)4-5-12(13)14/h3-5,7,16H,2,6,8-9H2,1H3. The minimum absolute atomic E-state index is 0.0652. The van der Waals surface area contributed by atoms with Gasteiger partial charge in [-0.2, -0.15) is 4.31 Å². The molecule has 0 atom stereocenters. The quantitative estimate of drug-likeness (QED) is 0.871. The average molecular weight is 302 g/mol. The van der Waals surface area contributed by atoms with E-state index in [1.807, 2.05) is 13.0 Å². The highest BCUT2D eigenvalue weighted by Gasteiger charge is 2.28. The van der Waals surface area contributed by atoms with Gasteiger partial charge >= 0.3 is 0 Å². The Hall–Kier alpha value is -0.880. The van der Waals surface area contributed by atoms with Gasteiger partial charge in [0, 0.05) is 13.1 Å². The number of hydrogen-bond donors (Lipinski definition) is 1. The van der Waals surface area contributed by atoms with E-state index in [4.69, 9.17) is 16.7 Å². The SMILES string of the molecule is CC1=CCCN(S(=O)(=O)c2cc(CO)ccc2Cl)C1. The molecular weight excluding hydrogens is 286 g/mol. The van der Waals surface area contributed by atoms with Gasteiger partial charge in [0.05, 0.1) is 11.6 Å². The molecule has 0 amide bonds. The van der Waals surface area contributed by atoms with Gasteiger partial charge < -0.3 is 5.11 Å². The van der Waals surface area contributed by atoms with E-state index in [1.165, 1.54) is 16.4 Å². The Labute approximate surface area is 118 Å². The van der Waals surface area contributed by atoms with Crippen molar-refractivity contribution >= 4 is 21.6 Å². The number of nitrogens with zero attached hydrogens (tertiary/aromatic N) is 1. The van der Waals surface area contributed by atoms with Crippen LogP contribution in [0.3, 0.4) is 0 Å². The molecule has 0 aromatic heterocycles. The number of benzene rings is 1. The summed E-state index contributed by atoms with van der Waals surface area (Å²) in [6, 6.07) is 4.56. The van der Waals surface area contributed by atoms with Gasteiger partial charge in [-0.15, -0.1) is 0 Å². The first-order chi connectivity index (χ1) is 8.95. The lowest BCUT2D eigenvalue weighted by atomic mass is 10.2. The summed E-state index contributed by atoms with van der Waals surface area (Å²) in [7, 11) is -3.61. The molecule has 1 aliphatic heterocycles. The van der Waals surface area contributed by atoms with E-state index in [9.17, 15) is 8.42 Å². The molecule has 0 spiro atoms. The number of hydrogen-bond acceptors (Lipinski definition) is 3. The van der Waals surface area contributed by atoms with Gasteiger partial charge in [-0.3, -0.25) is 0 Å². The van der Waals surface area contributed by atoms with E-state index < -0.39 is 10.0 Å². The Morgan fingerprint density at radius 1 is 1.42 bits per heavy atom. The summed E-state index contributed by atoms with van der Waals surface area (Å²) in [5.41, 5.74) is 1.57. The zero-order valence-electron chi connectivity index (χ0n) is 10.6. The summed E-state index contributed by atoms with van der Waals surface area (Å²) in [5.74, 6) is 0. The van der Waals surface area contributed by atoms with Crippen molar-refractivity contribution < 1.29 is 13.5 Å².